The van der Waals surface area contributed by atoms with E-state index in [1.165, 1.54) is 49.4 Å². The number of nitro groups is 1. The number of rotatable bonds is 4. The molecule has 0 aromatic heterocycles. The van der Waals surface area contributed by atoms with Crippen LogP contribution in [0.4, 0.5) is 10.1 Å². The maximum absolute atomic E-state index is 13.1. The second-order valence-corrected chi connectivity index (χ2v) is 4.21. The second-order valence-electron chi connectivity index (χ2n) is 4.21. The molecule has 0 aliphatic carbocycles. The number of nitro benzene ring substituents is 1. The van der Waals surface area contributed by atoms with Crippen LogP contribution in [0.15, 0.2) is 42.5 Å². The topological polar surface area (TPSA) is 72.6 Å². The minimum absolute atomic E-state index is 0.0489. The summed E-state index contributed by atoms with van der Waals surface area (Å²) in [6.07, 6.45) is -0.890. The van der Waals surface area contributed by atoms with E-state index < -0.39 is 16.8 Å². The van der Waals surface area contributed by atoms with Gasteiger partial charge in [0.2, 0.25) is 0 Å². The molecule has 0 radical (unpaired) electrons. The standard InChI is InChI=1S/C14H12FNO4/c1-9(17)13-8-10(15)2-7-14(13)20-12-5-3-11(4-6-12)16(18)19/h2-9,17H,1H3/t9-/m1/s1. The van der Waals surface area contributed by atoms with Gasteiger partial charge in [0.25, 0.3) is 5.69 Å². The fourth-order valence-corrected chi connectivity index (χ4v) is 1.70. The van der Waals surface area contributed by atoms with Crippen molar-refractivity contribution in [3.63, 3.8) is 0 Å². The van der Waals surface area contributed by atoms with Crippen LogP contribution in [0.25, 0.3) is 0 Å². The molecule has 20 heavy (non-hydrogen) atoms. The van der Waals surface area contributed by atoms with Crippen molar-refractivity contribution in [2.75, 3.05) is 0 Å². The summed E-state index contributed by atoms with van der Waals surface area (Å²) in [6.45, 7) is 1.50. The lowest BCUT2D eigenvalue weighted by Crippen LogP contribution is -1.97. The molecule has 0 unspecified atom stereocenters. The van der Waals surface area contributed by atoms with Crippen LogP contribution >= 0.6 is 0 Å². The van der Waals surface area contributed by atoms with Crippen molar-refractivity contribution < 1.29 is 19.2 Å². The Morgan fingerprint density at radius 3 is 2.45 bits per heavy atom. The number of benzene rings is 2. The third kappa shape index (κ3) is 3.10. The molecule has 0 spiro atoms. The predicted octanol–water partition coefficient (Wildman–Crippen LogP) is 3.58. The van der Waals surface area contributed by atoms with Crippen molar-refractivity contribution in [2.45, 2.75) is 13.0 Å². The maximum Gasteiger partial charge on any atom is 0.269 e. The summed E-state index contributed by atoms with van der Waals surface area (Å²) in [5.41, 5.74) is 0.260. The largest absolute Gasteiger partial charge is 0.457 e. The van der Waals surface area contributed by atoms with Gasteiger partial charge >= 0.3 is 0 Å². The minimum Gasteiger partial charge on any atom is -0.457 e. The van der Waals surface area contributed by atoms with Gasteiger partial charge in [0.15, 0.2) is 0 Å². The van der Waals surface area contributed by atoms with Gasteiger partial charge in [0.1, 0.15) is 17.3 Å². The van der Waals surface area contributed by atoms with Crippen LogP contribution in [0, 0.1) is 15.9 Å². The van der Waals surface area contributed by atoms with Crippen LogP contribution in [0.2, 0.25) is 0 Å². The average molecular weight is 277 g/mol. The van der Waals surface area contributed by atoms with Crippen LogP contribution in [0.1, 0.15) is 18.6 Å². The zero-order valence-electron chi connectivity index (χ0n) is 10.6. The zero-order chi connectivity index (χ0) is 14.7. The molecule has 5 nitrogen and oxygen atoms in total. The quantitative estimate of drug-likeness (QED) is 0.684. The van der Waals surface area contributed by atoms with E-state index in [4.69, 9.17) is 4.74 Å². The monoisotopic (exact) mass is 277 g/mol. The first-order valence-electron chi connectivity index (χ1n) is 5.87. The number of nitrogens with zero attached hydrogens (tertiary/aromatic N) is 1. The summed E-state index contributed by atoms with van der Waals surface area (Å²) in [5, 5.41) is 20.1. The molecule has 0 aliphatic heterocycles. The summed E-state index contributed by atoms with van der Waals surface area (Å²) in [6, 6.07) is 9.29. The Morgan fingerprint density at radius 1 is 1.25 bits per heavy atom. The molecule has 1 atom stereocenters. The van der Waals surface area contributed by atoms with Crippen LogP contribution in [-0.4, -0.2) is 10.0 Å². The Balaban J connectivity index is 2.27. The lowest BCUT2D eigenvalue weighted by atomic mass is 10.1. The molecule has 0 fully saturated rings. The summed E-state index contributed by atoms with van der Waals surface area (Å²) < 4.78 is 18.7. The SMILES string of the molecule is C[C@@H](O)c1cc(F)ccc1Oc1ccc([N+](=O)[O-])cc1. The van der Waals surface area contributed by atoms with E-state index in [1.54, 1.807) is 0 Å². The molecular formula is C14H12FNO4. The van der Waals surface area contributed by atoms with Crippen molar-refractivity contribution >= 4 is 5.69 Å². The summed E-state index contributed by atoms with van der Waals surface area (Å²) in [4.78, 5) is 10.0. The van der Waals surface area contributed by atoms with Gasteiger partial charge in [0, 0.05) is 17.7 Å². The van der Waals surface area contributed by atoms with Crippen LogP contribution in [-0.2, 0) is 0 Å². The van der Waals surface area contributed by atoms with Crippen molar-refractivity contribution in [3.8, 4) is 11.5 Å². The normalized spacial score (nSPS) is 11.9. The van der Waals surface area contributed by atoms with E-state index in [1.807, 2.05) is 0 Å². The van der Waals surface area contributed by atoms with Crippen molar-refractivity contribution in [1.29, 1.82) is 0 Å². The Kier molecular flexibility index (Phi) is 3.95. The number of non-ortho nitro benzene ring substituents is 1. The fraction of sp³-hybridized carbons (Fsp3) is 0.143. The van der Waals surface area contributed by atoms with Crippen LogP contribution in [0.3, 0.4) is 0 Å². The molecule has 2 rings (SSSR count). The van der Waals surface area contributed by atoms with Gasteiger partial charge < -0.3 is 9.84 Å². The number of aliphatic hydroxyl groups excluding tert-OH is 1. The van der Waals surface area contributed by atoms with E-state index in [9.17, 15) is 19.6 Å². The van der Waals surface area contributed by atoms with E-state index >= 15 is 0 Å². The Morgan fingerprint density at radius 2 is 1.90 bits per heavy atom. The molecule has 104 valence electrons. The number of hydrogen-bond acceptors (Lipinski definition) is 4. The molecule has 0 saturated heterocycles. The molecule has 1 N–H and O–H groups in total. The summed E-state index contributed by atoms with van der Waals surface area (Å²) >= 11 is 0. The molecular weight excluding hydrogens is 265 g/mol. The summed E-state index contributed by atoms with van der Waals surface area (Å²) in [5.74, 6) is 0.191. The van der Waals surface area contributed by atoms with E-state index in [2.05, 4.69) is 0 Å². The third-order valence-corrected chi connectivity index (χ3v) is 2.70. The number of hydrogen-bond donors (Lipinski definition) is 1. The van der Waals surface area contributed by atoms with Gasteiger partial charge in [-0.05, 0) is 37.3 Å². The van der Waals surface area contributed by atoms with Gasteiger partial charge in [-0.1, -0.05) is 0 Å². The second kappa shape index (κ2) is 5.66. The lowest BCUT2D eigenvalue weighted by Gasteiger charge is -2.13. The molecule has 0 heterocycles. The first-order chi connectivity index (χ1) is 9.47. The predicted molar refractivity (Wildman–Crippen MR) is 70.2 cm³/mol. The van der Waals surface area contributed by atoms with Gasteiger partial charge in [-0.3, -0.25) is 10.1 Å². The molecule has 0 bridgehead atoms. The van der Waals surface area contributed by atoms with Crippen molar-refractivity contribution in [3.05, 3.63) is 64.0 Å². The van der Waals surface area contributed by atoms with Crippen molar-refractivity contribution in [2.24, 2.45) is 0 Å². The Labute approximate surface area is 114 Å². The number of aliphatic hydroxyl groups is 1. The smallest absolute Gasteiger partial charge is 0.269 e. The van der Waals surface area contributed by atoms with Gasteiger partial charge in [-0.2, -0.15) is 0 Å². The highest BCUT2D eigenvalue weighted by Gasteiger charge is 2.12. The molecule has 0 aliphatic rings. The first-order valence-corrected chi connectivity index (χ1v) is 5.87. The van der Waals surface area contributed by atoms with Crippen LogP contribution in [0.5, 0.6) is 11.5 Å². The van der Waals surface area contributed by atoms with Crippen molar-refractivity contribution in [1.82, 2.24) is 0 Å². The van der Waals surface area contributed by atoms with Gasteiger partial charge in [-0.15, -0.1) is 0 Å². The molecule has 6 heteroatoms. The minimum atomic E-state index is -0.890. The van der Waals surface area contributed by atoms with E-state index in [0.717, 1.165) is 0 Å². The number of ether oxygens (including phenoxy) is 1. The van der Waals surface area contributed by atoms with E-state index in [0.29, 0.717) is 17.1 Å². The molecule has 2 aromatic rings. The number of halogens is 1. The third-order valence-electron chi connectivity index (χ3n) is 2.70. The van der Waals surface area contributed by atoms with Gasteiger partial charge in [0.05, 0.1) is 11.0 Å². The van der Waals surface area contributed by atoms with E-state index in [-0.39, 0.29) is 5.69 Å². The Bertz CT molecular complexity index is 626. The molecule has 2 aromatic carbocycles. The highest BCUT2D eigenvalue weighted by Crippen LogP contribution is 2.31. The first kappa shape index (κ1) is 14.0. The highest BCUT2D eigenvalue weighted by molar-refractivity contribution is 5.42. The molecule has 0 amide bonds. The van der Waals surface area contributed by atoms with Gasteiger partial charge in [-0.25, -0.2) is 4.39 Å². The Hall–Kier alpha value is -2.47. The van der Waals surface area contributed by atoms with Crippen LogP contribution < -0.4 is 4.74 Å². The fourth-order valence-electron chi connectivity index (χ4n) is 1.70. The highest BCUT2D eigenvalue weighted by atomic mass is 19.1. The maximum atomic E-state index is 13.1. The average Bonchev–Trinajstić information content (AvgIpc) is 2.41. The lowest BCUT2D eigenvalue weighted by molar-refractivity contribution is -0.384. The molecule has 0 saturated carbocycles. The summed E-state index contributed by atoms with van der Waals surface area (Å²) in [7, 11) is 0. The zero-order valence-corrected chi connectivity index (χ0v) is 10.6.